The van der Waals surface area contributed by atoms with E-state index in [-0.39, 0.29) is 5.41 Å². The molecule has 1 heterocycles. The van der Waals surface area contributed by atoms with E-state index in [0.717, 1.165) is 61.1 Å². The zero-order valence-electron chi connectivity index (χ0n) is 34.1. The van der Waals surface area contributed by atoms with E-state index in [0.29, 0.717) is 0 Å². The first-order valence-corrected chi connectivity index (χ1v) is 21.2. The van der Waals surface area contributed by atoms with Crippen molar-refractivity contribution >= 4 is 60.5 Å². The van der Waals surface area contributed by atoms with Crippen LogP contribution in [0.25, 0.3) is 88.0 Å². The van der Waals surface area contributed by atoms with Crippen LogP contribution in [0.2, 0.25) is 0 Å². The van der Waals surface area contributed by atoms with E-state index in [4.69, 9.17) is 4.42 Å². The lowest BCUT2D eigenvalue weighted by atomic mass is 9.82. The van der Waals surface area contributed by atoms with Gasteiger partial charge in [-0.25, -0.2) is 0 Å². The number of nitrogens with zero attached hydrogens (tertiary/aromatic N) is 1. The summed E-state index contributed by atoms with van der Waals surface area (Å²) in [6.45, 7) is 4.72. The first-order valence-electron chi connectivity index (χ1n) is 21.2. The van der Waals surface area contributed by atoms with Gasteiger partial charge >= 0.3 is 0 Å². The highest BCUT2D eigenvalue weighted by molar-refractivity contribution is 6.23. The van der Waals surface area contributed by atoms with Crippen molar-refractivity contribution < 1.29 is 4.42 Å². The molecule has 11 aromatic rings. The molecule has 1 aliphatic rings. The Morgan fingerprint density at radius 1 is 0.361 bits per heavy atom. The smallest absolute Gasteiger partial charge is 0.143 e. The molecule has 0 spiro atoms. The third kappa shape index (κ3) is 5.49. The van der Waals surface area contributed by atoms with Crippen molar-refractivity contribution in [1.82, 2.24) is 0 Å². The number of hydrogen-bond acceptors (Lipinski definition) is 2. The fourth-order valence-electron chi connectivity index (χ4n) is 10.1. The Balaban J connectivity index is 1.09. The molecule has 0 amide bonds. The van der Waals surface area contributed by atoms with Gasteiger partial charge in [0.25, 0.3) is 0 Å². The van der Waals surface area contributed by atoms with Crippen LogP contribution in [0.4, 0.5) is 17.1 Å². The number of benzene rings is 10. The fraction of sp³-hybridized carbons (Fsp3) is 0.0508. The first-order chi connectivity index (χ1) is 30.0. The lowest BCUT2D eigenvalue weighted by Crippen LogP contribution is -2.16. The maximum absolute atomic E-state index is 7.01. The highest BCUT2D eigenvalue weighted by Gasteiger charge is 2.36. The predicted octanol–water partition coefficient (Wildman–Crippen LogP) is 16.7. The van der Waals surface area contributed by atoms with Gasteiger partial charge in [-0.15, -0.1) is 0 Å². The van der Waals surface area contributed by atoms with Crippen molar-refractivity contribution in [2.45, 2.75) is 19.3 Å². The SMILES string of the molecule is CC1(C)c2ccccc2-c2ccc(N(c3ccc(-c4ccccc4)cc3)c3ccc(-c4ccc(-c5ccccc5)c5oc6c7ccccc7ccc6c45)c4ccccc34)cc21. The lowest BCUT2D eigenvalue weighted by Gasteiger charge is -2.29. The van der Waals surface area contributed by atoms with Crippen molar-refractivity contribution in [2.75, 3.05) is 4.90 Å². The van der Waals surface area contributed by atoms with Crippen LogP contribution in [0.3, 0.4) is 0 Å². The van der Waals surface area contributed by atoms with Crippen LogP contribution >= 0.6 is 0 Å². The van der Waals surface area contributed by atoms with Crippen LogP contribution in [0, 0.1) is 0 Å². The second kappa shape index (κ2) is 13.7. The van der Waals surface area contributed by atoms with Crippen LogP contribution in [0.1, 0.15) is 25.0 Å². The summed E-state index contributed by atoms with van der Waals surface area (Å²) in [6.07, 6.45) is 0. The van der Waals surface area contributed by atoms with Crippen molar-refractivity contribution in [1.29, 1.82) is 0 Å². The maximum Gasteiger partial charge on any atom is 0.143 e. The molecule has 2 heteroatoms. The second-order valence-corrected chi connectivity index (χ2v) is 16.8. The molecule has 0 saturated heterocycles. The van der Waals surface area contributed by atoms with Gasteiger partial charge in [0.2, 0.25) is 0 Å². The van der Waals surface area contributed by atoms with Gasteiger partial charge < -0.3 is 9.32 Å². The molecular formula is C59H41NO. The molecule has 0 aliphatic heterocycles. The molecule has 0 atom stereocenters. The van der Waals surface area contributed by atoms with Gasteiger partial charge in [-0.2, -0.15) is 0 Å². The second-order valence-electron chi connectivity index (χ2n) is 16.8. The standard InChI is InChI=1S/C59H41NO/c1-59(2)53-24-14-13-22-48(53)49-32-30-43(37-54(49)59)60(42-28-25-39(26-29-42)38-15-5-3-6-16-38)55-36-35-47(46-21-11-12-23-50(46)55)51-34-33-45(40-17-7-4-8-18-40)58-56(51)52-31-27-41-19-9-10-20-44(41)57(52)61-58/h3-37H,1-2H3. The number of rotatable bonds is 6. The molecule has 0 fully saturated rings. The van der Waals surface area contributed by atoms with E-state index in [1.807, 2.05) is 0 Å². The Morgan fingerprint density at radius 2 is 0.951 bits per heavy atom. The summed E-state index contributed by atoms with van der Waals surface area (Å²) in [5, 5.41) is 6.90. The largest absolute Gasteiger partial charge is 0.455 e. The summed E-state index contributed by atoms with van der Waals surface area (Å²) in [4.78, 5) is 2.45. The van der Waals surface area contributed by atoms with E-state index >= 15 is 0 Å². The third-order valence-corrected chi connectivity index (χ3v) is 13.1. The van der Waals surface area contributed by atoms with Gasteiger partial charge in [-0.1, -0.05) is 184 Å². The number of anilines is 3. The summed E-state index contributed by atoms with van der Waals surface area (Å²) in [7, 11) is 0. The lowest BCUT2D eigenvalue weighted by molar-refractivity contribution is 0.660. The Bertz CT molecular complexity index is 3490. The van der Waals surface area contributed by atoms with Gasteiger partial charge in [0.15, 0.2) is 0 Å². The molecule has 12 rings (SSSR count). The minimum atomic E-state index is -0.132. The summed E-state index contributed by atoms with van der Waals surface area (Å²) < 4.78 is 7.01. The summed E-state index contributed by atoms with van der Waals surface area (Å²) in [5.74, 6) is 0. The highest BCUT2D eigenvalue weighted by atomic mass is 16.3. The van der Waals surface area contributed by atoms with Crippen molar-refractivity contribution in [3.8, 4) is 44.5 Å². The molecule has 0 unspecified atom stereocenters. The Kier molecular flexibility index (Phi) is 7.92. The molecule has 0 bridgehead atoms. The van der Waals surface area contributed by atoms with Crippen LogP contribution in [0.15, 0.2) is 217 Å². The number of furan rings is 1. The van der Waals surface area contributed by atoms with E-state index in [1.54, 1.807) is 0 Å². The Hall–Kier alpha value is -7.68. The molecular weight excluding hydrogens is 739 g/mol. The quantitative estimate of drug-likeness (QED) is 0.167. The Labute approximate surface area is 355 Å². The third-order valence-electron chi connectivity index (χ3n) is 13.1. The monoisotopic (exact) mass is 779 g/mol. The molecule has 2 nitrogen and oxygen atoms in total. The van der Waals surface area contributed by atoms with Gasteiger partial charge in [-0.3, -0.25) is 0 Å². The van der Waals surface area contributed by atoms with Crippen molar-refractivity contribution in [2.24, 2.45) is 0 Å². The molecule has 61 heavy (non-hydrogen) atoms. The topological polar surface area (TPSA) is 16.4 Å². The highest BCUT2D eigenvalue weighted by Crippen LogP contribution is 2.52. The summed E-state index contributed by atoms with van der Waals surface area (Å²) in [5.41, 5.74) is 17.4. The average Bonchev–Trinajstić information content (AvgIpc) is 3.83. The molecule has 288 valence electrons. The normalized spacial score (nSPS) is 12.9. The van der Waals surface area contributed by atoms with Gasteiger partial charge in [0.05, 0.1) is 5.69 Å². The molecule has 1 aliphatic carbocycles. The molecule has 10 aromatic carbocycles. The molecule has 1 aromatic heterocycles. The van der Waals surface area contributed by atoms with Crippen LogP contribution in [0.5, 0.6) is 0 Å². The predicted molar refractivity (Wildman–Crippen MR) is 257 cm³/mol. The minimum Gasteiger partial charge on any atom is -0.455 e. The van der Waals surface area contributed by atoms with E-state index in [9.17, 15) is 0 Å². The fourth-order valence-corrected chi connectivity index (χ4v) is 10.1. The van der Waals surface area contributed by atoms with Crippen molar-refractivity contribution in [3.05, 3.63) is 223 Å². The van der Waals surface area contributed by atoms with Gasteiger partial charge in [-0.05, 0) is 103 Å². The van der Waals surface area contributed by atoms with E-state index in [1.165, 1.54) is 55.1 Å². The number of hydrogen-bond donors (Lipinski definition) is 0. The van der Waals surface area contributed by atoms with E-state index < -0.39 is 0 Å². The van der Waals surface area contributed by atoms with Gasteiger partial charge in [0, 0.05) is 43.9 Å². The van der Waals surface area contributed by atoms with Crippen LogP contribution in [-0.2, 0) is 5.41 Å². The van der Waals surface area contributed by atoms with Crippen molar-refractivity contribution in [3.63, 3.8) is 0 Å². The minimum absolute atomic E-state index is 0.132. The zero-order chi connectivity index (χ0) is 40.7. The first kappa shape index (κ1) is 35.3. The summed E-state index contributed by atoms with van der Waals surface area (Å²) >= 11 is 0. The van der Waals surface area contributed by atoms with Gasteiger partial charge in [0.1, 0.15) is 11.2 Å². The number of fused-ring (bicyclic) bond motifs is 9. The molecule has 0 saturated carbocycles. The molecule has 0 radical (unpaired) electrons. The maximum atomic E-state index is 7.01. The van der Waals surface area contributed by atoms with E-state index in [2.05, 4.69) is 231 Å². The Morgan fingerprint density at radius 3 is 1.75 bits per heavy atom. The average molecular weight is 780 g/mol. The van der Waals surface area contributed by atoms with Crippen LogP contribution < -0.4 is 4.90 Å². The zero-order valence-corrected chi connectivity index (χ0v) is 34.1. The molecule has 0 N–H and O–H groups in total. The van der Waals surface area contributed by atoms with Crippen LogP contribution in [-0.4, -0.2) is 0 Å². The summed E-state index contributed by atoms with van der Waals surface area (Å²) in [6, 6.07) is 77.3.